The highest BCUT2D eigenvalue weighted by atomic mass is 16.5. The second-order valence-electron chi connectivity index (χ2n) is 6.99. The maximum Gasteiger partial charge on any atom is 0.249 e. The third kappa shape index (κ3) is 2.83. The fraction of sp³-hybridized carbons (Fsp3) is 0.526. The summed E-state index contributed by atoms with van der Waals surface area (Å²) in [4.78, 5) is 19.3. The van der Waals surface area contributed by atoms with Crippen LogP contribution in [0.1, 0.15) is 56.0 Å². The van der Waals surface area contributed by atoms with E-state index in [0.717, 1.165) is 37.8 Å². The van der Waals surface area contributed by atoms with Crippen LogP contribution in [0, 0.1) is 12.8 Å². The van der Waals surface area contributed by atoms with Crippen LogP contribution in [0.4, 0.5) is 0 Å². The van der Waals surface area contributed by atoms with Crippen LogP contribution in [0.2, 0.25) is 0 Å². The first-order valence-corrected chi connectivity index (χ1v) is 8.93. The molecular formula is C19H23N3O2. The van der Waals surface area contributed by atoms with Crippen molar-refractivity contribution in [2.75, 3.05) is 6.54 Å². The van der Waals surface area contributed by atoms with E-state index in [0.29, 0.717) is 11.7 Å². The van der Waals surface area contributed by atoms with Gasteiger partial charge in [0.25, 0.3) is 0 Å². The molecule has 0 spiro atoms. The van der Waals surface area contributed by atoms with Crippen LogP contribution in [-0.4, -0.2) is 27.5 Å². The van der Waals surface area contributed by atoms with Crippen molar-refractivity contribution in [2.24, 2.45) is 5.92 Å². The number of aryl methyl sites for hydroxylation is 1. The van der Waals surface area contributed by atoms with Crippen molar-refractivity contribution in [1.82, 2.24) is 15.0 Å². The zero-order chi connectivity index (χ0) is 16.5. The molecule has 5 nitrogen and oxygen atoms in total. The van der Waals surface area contributed by atoms with Crippen LogP contribution in [0.15, 0.2) is 28.8 Å². The summed E-state index contributed by atoms with van der Waals surface area (Å²) >= 11 is 0. The van der Waals surface area contributed by atoms with E-state index >= 15 is 0 Å². The van der Waals surface area contributed by atoms with E-state index in [-0.39, 0.29) is 17.9 Å². The quantitative estimate of drug-likeness (QED) is 0.859. The minimum atomic E-state index is -0.0511. The monoisotopic (exact) mass is 325 g/mol. The lowest BCUT2D eigenvalue weighted by Crippen LogP contribution is -2.35. The van der Waals surface area contributed by atoms with E-state index in [1.165, 1.54) is 18.4 Å². The van der Waals surface area contributed by atoms with Gasteiger partial charge in [-0.1, -0.05) is 47.8 Å². The lowest BCUT2D eigenvalue weighted by atomic mass is 10.1. The molecule has 1 aromatic heterocycles. The summed E-state index contributed by atoms with van der Waals surface area (Å²) in [7, 11) is 0. The van der Waals surface area contributed by atoms with E-state index in [9.17, 15) is 4.79 Å². The summed E-state index contributed by atoms with van der Waals surface area (Å²) in [6.45, 7) is 2.86. The normalized spacial score (nSPS) is 21.5. The Bertz CT molecular complexity index is 716. The SMILES string of the molecule is Cc1ccc(-c2noc([C@H]3CCCN3C(=O)C3CCCC3)n2)cc1. The number of amides is 1. The summed E-state index contributed by atoms with van der Waals surface area (Å²) in [6.07, 6.45) is 6.32. The van der Waals surface area contributed by atoms with Gasteiger partial charge in [-0.25, -0.2) is 0 Å². The Hall–Kier alpha value is -2.17. The highest BCUT2D eigenvalue weighted by molar-refractivity contribution is 5.79. The van der Waals surface area contributed by atoms with Crippen LogP contribution in [0.3, 0.4) is 0 Å². The lowest BCUT2D eigenvalue weighted by Gasteiger charge is -2.24. The maximum atomic E-state index is 12.8. The Morgan fingerprint density at radius 3 is 2.62 bits per heavy atom. The summed E-state index contributed by atoms with van der Waals surface area (Å²) in [5, 5.41) is 4.13. The van der Waals surface area contributed by atoms with Gasteiger partial charge >= 0.3 is 0 Å². The van der Waals surface area contributed by atoms with Gasteiger partial charge in [0.05, 0.1) is 0 Å². The summed E-state index contributed by atoms with van der Waals surface area (Å²) in [5.74, 6) is 1.66. The Morgan fingerprint density at radius 1 is 1.12 bits per heavy atom. The molecule has 1 saturated carbocycles. The van der Waals surface area contributed by atoms with Gasteiger partial charge in [-0.2, -0.15) is 4.98 Å². The molecule has 0 N–H and O–H groups in total. The average Bonchev–Trinajstić information content (AvgIpc) is 3.34. The number of nitrogens with zero attached hydrogens (tertiary/aromatic N) is 3. The molecule has 0 bridgehead atoms. The number of likely N-dealkylation sites (tertiary alicyclic amines) is 1. The second kappa shape index (κ2) is 6.38. The number of carbonyl (C=O) groups excluding carboxylic acids is 1. The van der Waals surface area contributed by atoms with E-state index < -0.39 is 0 Å². The molecule has 0 radical (unpaired) electrons. The Morgan fingerprint density at radius 2 is 1.88 bits per heavy atom. The molecule has 24 heavy (non-hydrogen) atoms. The van der Waals surface area contributed by atoms with Gasteiger partial charge < -0.3 is 9.42 Å². The maximum absolute atomic E-state index is 12.8. The fourth-order valence-electron chi connectivity index (χ4n) is 3.88. The van der Waals surface area contributed by atoms with Gasteiger partial charge in [-0.3, -0.25) is 4.79 Å². The smallest absolute Gasteiger partial charge is 0.249 e. The predicted molar refractivity (Wildman–Crippen MR) is 90.1 cm³/mol. The number of rotatable bonds is 3. The lowest BCUT2D eigenvalue weighted by molar-refractivity contribution is -0.136. The van der Waals surface area contributed by atoms with Crippen molar-refractivity contribution in [3.8, 4) is 11.4 Å². The number of benzene rings is 1. The van der Waals surface area contributed by atoms with Gasteiger partial charge in [-0.05, 0) is 32.6 Å². The topological polar surface area (TPSA) is 59.2 Å². The Balaban J connectivity index is 1.54. The number of aromatic nitrogens is 2. The molecule has 1 atom stereocenters. The third-order valence-electron chi connectivity index (χ3n) is 5.28. The molecule has 2 aliphatic rings. The van der Waals surface area contributed by atoms with Crippen LogP contribution in [0.25, 0.3) is 11.4 Å². The van der Waals surface area contributed by atoms with Gasteiger partial charge in [0.2, 0.25) is 17.6 Å². The predicted octanol–water partition coefficient (Wildman–Crippen LogP) is 3.90. The van der Waals surface area contributed by atoms with Crippen molar-refractivity contribution < 1.29 is 9.32 Å². The first-order chi connectivity index (χ1) is 11.7. The van der Waals surface area contributed by atoms with Crippen molar-refractivity contribution in [1.29, 1.82) is 0 Å². The standard InChI is InChI=1S/C19H23N3O2/c1-13-8-10-14(11-9-13)17-20-18(24-21-17)16-7-4-12-22(16)19(23)15-5-2-3-6-15/h8-11,15-16H,2-7,12H2,1H3/t16-/m1/s1. The molecule has 1 amide bonds. The van der Waals surface area contributed by atoms with Gasteiger partial charge in [0.15, 0.2) is 0 Å². The second-order valence-corrected chi connectivity index (χ2v) is 6.99. The van der Waals surface area contributed by atoms with Gasteiger partial charge in [-0.15, -0.1) is 0 Å². The first kappa shape index (κ1) is 15.4. The van der Waals surface area contributed by atoms with E-state index in [2.05, 4.69) is 17.1 Å². The van der Waals surface area contributed by atoms with Crippen LogP contribution >= 0.6 is 0 Å². The minimum Gasteiger partial charge on any atom is -0.337 e. The Labute approximate surface area is 142 Å². The molecule has 126 valence electrons. The Kier molecular flexibility index (Phi) is 4.08. The van der Waals surface area contributed by atoms with Crippen molar-refractivity contribution >= 4 is 5.91 Å². The van der Waals surface area contributed by atoms with Crippen molar-refractivity contribution in [2.45, 2.75) is 51.5 Å². The largest absolute Gasteiger partial charge is 0.337 e. The minimum absolute atomic E-state index is 0.0511. The van der Waals surface area contributed by atoms with E-state index in [1.807, 2.05) is 29.2 Å². The zero-order valence-corrected chi connectivity index (χ0v) is 14.1. The molecular weight excluding hydrogens is 302 g/mol. The summed E-state index contributed by atoms with van der Waals surface area (Å²) < 4.78 is 5.52. The number of carbonyl (C=O) groups is 1. The molecule has 1 aromatic carbocycles. The fourth-order valence-corrected chi connectivity index (χ4v) is 3.88. The molecule has 5 heteroatoms. The van der Waals surface area contributed by atoms with E-state index in [4.69, 9.17) is 4.52 Å². The first-order valence-electron chi connectivity index (χ1n) is 8.93. The molecule has 4 rings (SSSR count). The van der Waals surface area contributed by atoms with Crippen molar-refractivity contribution in [3.05, 3.63) is 35.7 Å². The molecule has 0 unspecified atom stereocenters. The molecule has 2 aromatic rings. The molecule has 2 fully saturated rings. The number of hydrogen-bond acceptors (Lipinski definition) is 4. The summed E-state index contributed by atoms with van der Waals surface area (Å²) in [6, 6.07) is 8.03. The molecule has 1 aliphatic heterocycles. The highest BCUT2D eigenvalue weighted by Gasteiger charge is 2.37. The van der Waals surface area contributed by atoms with E-state index in [1.54, 1.807) is 0 Å². The highest BCUT2D eigenvalue weighted by Crippen LogP contribution is 2.36. The van der Waals surface area contributed by atoms with Crippen LogP contribution < -0.4 is 0 Å². The van der Waals surface area contributed by atoms with Crippen LogP contribution in [0.5, 0.6) is 0 Å². The van der Waals surface area contributed by atoms with Crippen LogP contribution in [-0.2, 0) is 4.79 Å². The molecule has 1 saturated heterocycles. The summed E-state index contributed by atoms with van der Waals surface area (Å²) in [5.41, 5.74) is 2.15. The number of hydrogen-bond donors (Lipinski definition) is 0. The zero-order valence-electron chi connectivity index (χ0n) is 14.1. The van der Waals surface area contributed by atoms with Gasteiger partial charge in [0.1, 0.15) is 6.04 Å². The molecule has 1 aliphatic carbocycles. The average molecular weight is 325 g/mol. The molecule has 2 heterocycles. The van der Waals surface area contributed by atoms with Crippen molar-refractivity contribution in [3.63, 3.8) is 0 Å². The third-order valence-corrected chi connectivity index (χ3v) is 5.28. The van der Waals surface area contributed by atoms with Gasteiger partial charge in [0, 0.05) is 18.0 Å².